The molecule has 4 heteroatoms. The van der Waals surface area contributed by atoms with Gasteiger partial charge in [0.15, 0.2) is 0 Å². The van der Waals surface area contributed by atoms with E-state index in [0.29, 0.717) is 18.0 Å². The van der Waals surface area contributed by atoms with Crippen LogP contribution in [-0.2, 0) is 0 Å². The molecule has 0 radical (unpaired) electrons. The summed E-state index contributed by atoms with van der Waals surface area (Å²) in [5.41, 5.74) is -0.00953. The number of benzene rings is 1. The van der Waals surface area contributed by atoms with Gasteiger partial charge in [0.2, 0.25) is 0 Å². The number of ether oxygens (including phenoxy) is 1. The summed E-state index contributed by atoms with van der Waals surface area (Å²) >= 11 is 0. The number of carbonyl (C=O) groups excluding carboxylic acids is 1. The Morgan fingerprint density at radius 2 is 2.04 bits per heavy atom. The summed E-state index contributed by atoms with van der Waals surface area (Å²) in [5.74, 6) is 1.29. The third kappa shape index (κ3) is 1.44. The molecule has 1 heterocycles. The van der Waals surface area contributed by atoms with Crippen LogP contribution in [0.4, 0.5) is 0 Å². The predicted molar refractivity (Wildman–Crippen MR) is 85.9 cm³/mol. The standard InChI is InChI=1S/C19H22N2O2/c1-17-12-21(16(22)13-4-6-15(23-3)7-5-13)19(11-20)10-14(17)8-9-18(17,19)2/h4-7,14H,8-10,12H2,1-3H3/t14-,17+,18-,19+/m1/s1. The van der Waals surface area contributed by atoms with Crippen LogP contribution in [0.15, 0.2) is 24.3 Å². The molecule has 1 amide bonds. The number of hydrogen-bond donors (Lipinski definition) is 0. The molecule has 0 unspecified atom stereocenters. The molecule has 0 spiro atoms. The van der Waals surface area contributed by atoms with Gasteiger partial charge in [-0.1, -0.05) is 13.8 Å². The van der Waals surface area contributed by atoms with Crippen LogP contribution in [0.1, 0.15) is 43.5 Å². The summed E-state index contributed by atoms with van der Waals surface area (Å²) in [6.45, 7) is 5.21. The number of likely N-dealkylation sites (tertiary alicyclic amines) is 1. The molecule has 2 aliphatic carbocycles. The van der Waals surface area contributed by atoms with Crippen molar-refractivity contribution in [3.63, 3.8) is 0 Å². The summed E-state index contributed by atoms with van der Waals surface area (Å²) in [7, 11) is 1.61. The van der Waals surface area contributed by atoms with E-state index in [1.807, 2.05) is 4.90 Å². The van der Waals surface area contributed by atoms with E-state index in [-0.39, 0.29) is 16.7 Å². The molecule has 1 aromatic rings. The van der Waals surface area contributed by atoms with E-state index < -0.39 is 5.54 Å². The van der Waals surface area contributed by atoms with Crippen LogP contribution in [0.2, 0.25) is 0 Å². The Kier molecular flexibility index (Phi) is 2.71. The van der Waals surface area contributed by atoms with Crippen LogP contribution in [-0.4, -0.2) is 30.0 Å². The number of amides is 1. The average Bonchev–Trinajstić information content (AvgIpc) is 3.03. The highest BCUT2D eigenvalue weighted by molar-refractivity contribution is 5.96. The highest BCUT2D eigenvalue weighted by atomic mass is 16.5. The lowest BCUT2D eigenvalue weighted by Gasteiger charge is -2.43. The zero-order valence-corrected chi connectivity index (χ0v) is 13.9. The molecule has 23 heavy (non-hydrogen) atoms. The number of methoxy groups -OCH3 is 1. The fraction of sp³-hybridized carbons (Fsp3) is 0.579. The molecule has 4 rings (SSSR count). The normalized spacial score (nSPS) is 40.3. The first-order chi connectivity index (χ1) is 10.9. The maximum atomic E-state index is 13.1. The van der Waals surface area contributed by atoms with Gasteiger partial charge in [-0.05, 0) is 54.9 Å². The lowest BCUT2D eigenvalue weighted by molar-refractivity contribution is 0.0430. The zero-order valence-electron chi connectivity index (χ0n) is 13.9. The highest BCUT2D eigenvalue weighted by Crippen LogP contribution is 2.75. The maximum absolute atomic E-state index is 13.1. The monoisotopic (exact) mass is 310 g/mol. The average molecular weight is 310 g/mol. The van der Waals surface area contributed by atoms with E-state index in [4.69, 9.17) is 4.74 Å². The van der Waals surface area contributed by atoms with Gasteiger partial charge in [0.25, 0.3) is 5.91 Å². The lowest BCUT2D eigenvalue weighted by Crippen LogP contribution is -2.54. The second-order valence-electron chi connectivity index (χ2n) is 7.78. The Morgan fingerprint density at radius 1 is 1.35 bits per heavy atom. The van der Waals surface area contributed by atoms with Gasteiger partial charge in [-0.15, -0.1) is 0 Å². The molecule has 0 aromatic heterocycles. The lowest BCUT2D eigenvalue weighted by atomic mass is 9.66. The Labute approximate surface area is 137 Å². The van der Waals surface area contributed by atoms with Crippen LogP contribution in [0, 0.1) is 28.1 Å². The Morgan fingerprint density at radius 3 is 2.61 bits per heavy atom. The van der Waals surface area contributed by atoms with Gasteiger partial charge >= 0.3 is 0 Å². The summed E-state index contributed by atoms with van der Waals surface area (Å²) in [6, 6.07) is 9.76. The van der Waals surface area contributed by atoms with E-state index in [2.05, 4.69) is 19.9 Å². The number of hydrogen-bond acceptors (Lipinski definition) is 3. The maximum Gasteiger partial charge on any atom is 0.255 e. The first-order valence-corrected chi connectivity index (χ1v) is 8.29. The smallest absolute Gasteiger partial charge is 0.255 e. The molecular weight excluding hydrogens is 288 g/mol. The van der Waals surface area contributed by atoms with Crippen LogP contribution in [0.25, 0.3) is 0 Å². The van der Waals surface area contributed by atoms with Gasteiger partial charge in [-0.3, -0.25) is 4.79 Å². The molecule has 3 fully saturated rings. The van der Waals surface area contributed by atoms with Crippen molar-refractivity contribution < 1.29 is 9.53 Å². The molecule has 2 saturated carbocycles. The fourth-order valence-electron chi connectivity index (χ4n) is 5.64. The third-order valence-electron chi connectivity index (χ3n) is 7.32. The van der Waals surface area contributed by atoms with Crippen molar-refractivity contribution in [1.29, 1.82) is 5.26 Å². The van der Waals surface area contributed by atoms with Crippen LogP contribution in [0.3, 0.4) is 0 Å². The van der Waals surface area contributed by atoms with Crippen LogP contribution < -0.4 is 4.74 Å². The van der Waals surface area contributed by atoms with Gasteiger partial charge in [0, 0.05) is 17.5 Å². The van der Waals surface area contributed by atoms with Crippen LogP contribution in [0.5, 0.6) is 5.75 Å². The van der Waals surface area contributed by atoms with E-state index in [1.54, 1.807) is 31.4 Å². The molecule has 1 aliphatic heterocycles. The highest BCUT2D eigenvalue weighted by Gasteiger charge is 2.78. The van der Waals surface area contributed by atoms with E-state index in [9.17, 15) is 10.1 Å². The molecule has 0 N–H and O–H groups in total. The Balaban J connectivity index is 1.73. The topological polar surface area (TPSA) is 53.3 Å². The summed E-state index contributed by atoms with van der Waals surface area (Å²) in [6.07, 6.45) is 3.08. The molecule has 120 valence electrons. The number of piperidine rings is 1. The molecular formula is C19H22N2O2. The minimum atomic E-state index is -0.637. The number of nitrogens with zero attached hydrogens (tertiary/aromatic N) is 2. The first kappa shape index (κ1) is 14.6. The fourth-order valence-corrected chi connectivity index (χ4v) is 5.64. The van der Waals surface area contributed by atoms with Gasteiger partial charge in [0.1, 0.15) is 11.3 Å². The SMILES string of the molecule is COc1ccc(C(=O)N2C[C@@]3(C)[C@@H]4CC[C@@]3(C)[C@@]2(C#N)C4)cc1. The van der Waals surface area contributed by atoms with Crippen molar-refractivity contribution in [2.75, 3.05) is 13.7 Å². The minimum Gasteiger partial charge on any atom is -0.497 e. The quantitative estimate of drug-likeness (QED) is 0.842. The largest absolute Gasteiger partial charge is 0.497 e. The Bertz CT molecular complexity index is 722. The van der Waals surface area contributed by atoms with E-state index >= 15 is 0 Å². The van der Waals surface area contributed by atoms with Gasteiger partial charge in [-0.2, -0.15) is 5.26 Å². The molecule has 4 nitrogen and oxygen atoms in total. The zero-order chi connectivity index (χ0) is 16.5. The van der Waals surface area contributed by atoms with Crippen molar-refractivity contribution >= 4 is 5.91 Å². The van der Waals surface area contributed by atoms with Crippen LogP contribution >= 0.6 is 0 Å². The van der Waals surface area contributed by atoms with Gasteiger partial charge in [0.05, 0.1) is 13.2 Å². The molecule has 1 saturated heterocycles. The van der Waals surface area contributed by atoms with E-state index in [1.165, 1.54) is 6.42 Å². The third-order valence-corrected chi connectivity index (χ3v) is 7.32. The number of nitriles is 1. The molecule has 3 aliphatic rings. The van der Waals surface area contributed by atoms with Crippen molar-refractivity contribution in [1.82, 2.24) is 4.90 Å². The summed E-state index contributed by atoms with van der Waals surface area (Å²) < 4.78 is 5.16. The van der Waals surface area contributed by atoms with Crippen molar-refractivity contribution in [3.8, 4) is 11.8 Å². The molecule has 4 bridgehead atoms. The van der Waals surface area contributed by atoms with Crippen molar-refractivity contribution in [3.05, 3.63) is 29.8 Å². The minimum absolute atomic E-state index is 0.0236. The Hall–Kier alpha value is -2.02. The summed E-state index contributed by atoms with van der Waals surface area (Å²) in [5, 5.41) is 10.0. The van der Waals surface area contributed by atoms with Crippen molar-refractivity contribution in [2.45, 2.75) is 38.6 Å². The number of rotatable bonds is 2. The predicted octanol–water partition coefficient (Wildman–Crippen LogP) is 3.24. The molecule has 4 atom stereocenters. The second kappa shape index (κ2) is 4.29. The molecule has 1 aromatic carbocycles. The van der Waals surface area contributed by atoms with E-state index in [0.717, 1.165) is 18.6 Å². The van der Waals surface area contributed by atoms with Gasteiger partial charge < -0.3 is 9.64 Å². The number of carbonyl (C=O) groups is 1. The van der Waals surface area contributed by atoms with Crippen molar-refractivity contribution in [2.24, 2.45) is 16.7 Å². The summed E-state index contributed by atoms with van der Waals surface area (Å²) in [4.78, 5) is 15.0. The second-order valence-corrected chi connectivity index (χ2v) is 7.78. The first-order valence-electron chi connectivity index (χ1n) is 8.29. The van der Waals surface area contributed by atoms with Gasteiger partial charge in [-0.25, -0.2) is 0 Å².